The van der Waals surface area contributed by atoms with Crippen molar-refractivity contribution in [2.45, 2.75) is 19.8 Å². The fourth-order valence-electron chi connectivity index (χ4n) is 3.19. The van der Waals surface area contributed by atoms with Gasteiger partial charge >= 0.3 is 5.97 Å². The molecule has 1 aromatic heterocycles. The maximum atomic E-state index is 12.6. The highest BCUT2D eigenvalue weighted by Crippen LogP contribution is 2.35. The molecule has 0 aliphatic rings. The van der Waals surface area contributed by atoms with E-state index in [-0.39, 0.29) is 5.91 Å². The number of hydrogen-bond acceptors (Lipinski definition) is 6. The van der Waals surface area contributed by atoms with Crippen molar-refractivity contribution in [3.05, 3.63) is 93.8 Å². The molecule has 6 nitrogen and oxygen atoms in total. The Labute approximate surface area is 212 Å². The first kappa shape index (κ1) is 24.4. The van der Waals surface area contributed by atoms with Gasteiger partial charge in [-0.3, -0.25) is 4.79 Å². The standard InChI is InChI=1S/C27H23ClN2O4S/c1-2-3-16-33-20-14-10-19(11-15-20)26(31)30-29-17-18-8-12-21(13-9-18)34-27(32)25-24(28)22-6-4-5-7-23(22)35-25/h4-15,17H,2-3,16H2,1H3,(H,30,31)/b29-17-. The summed E-state index contributed by atoms with van der Waals surface area (Å²) in [5, 5.41) is 5.22. The van der Waals surface area contributed by atoms with E-state index in [0.717, 1.165) is 34.2 Å². The summed E-state index contributed by atoms with van der Waals surface area (Å²) in [6.45, 7) is 2.76. The van der Waals surface area contributed by atoms with Crippen molar-refractivity contribution < 1.29 is 19.1 Å². The Morgan fingerprint density at radius 2 is 1.71 bits per heavy atom. The first-order valence-corrected chi connectivity index (χ1v) is 12.3. The number of unbranched alkanes of at least 4 members (excludes halogenated alkanes) is 1. The van der Waals surface area contributed by atoms with Crippen LogP contribution >= 0.6 is 22.9 Å². The number of hydrazone groups is 1. The largest absolute Gasteiger partial charge is 0.494 e. The number of esters is 1. The Kier molecular flexibility index (Phi) is 8.13. The average Bonchev–Trinajstić information content (AvgIpc) is 3.22. The number of halogens is 1. The average molecular weight is 507 g/mol. The van der Waals surface area contributed by atoms with E-state index in [1.54, 1.807) is 48.5 Å². The molecule has 0 aliphatic carbocycles. The van der Waals surface area contributed by atoms with Crippen LogP contribution in [0.25, 0.3) is 10.1 Å². The van der Waals surface area contributed by atoms with Crippen LogP contribution in [0.2, 0.25) is 5.02 Å². The predicted molar refractivity (Wildman–Crippen MR) is 140 cm³/mol. The zero-order chi connectivity index (χ0) is 24.6. The van der Waals surface area contributed by atoms with Crippen LogP contribution in [-0.2, 0) is 0 Å². The third-order valence-electron chi connectivity index (χ3n) is 5.07. The van der Waals surface area contributed by atoms with Crippen LogP contribution in [0.5, 0.6) is 11.5 Å². The molecule has 0 spiro atoms. The molecule has 8 heteroatoms. The smallest absolute Gasteiger partial charge is 0.355 e. The number of fused-ring (bicyclic) bond motifs is 1. The summed E-state index contributed by atoms with van der Waals surface area (Å²) in [5.41, 5.74) is 3.70. The molecule has 0 radical (unpaired) electrons. The Morgan fingerprint density at radius 3 is 2.43 bits per heavy atom. The molecule has 1 heterocycles. The lowest BCUT2D eigenvalue weighted by atomic mass is 10.2. The number of nitrogens with one attached hydrogen (secondary N) is 1. The molecular weight excluding hydrogens is 484 g/mol. The quantitative estimate of drug-likeness (QED) is 0.0898. The van der Waals surface area contributed by atoms with Crippen molar-refractivity contribution in [2.75, 3.05) is 6.61 Å². The Balaban J connectivity index is 1.30. The third kappa shape index (κ3) is 6.26. The minimum absolute atomic E-state index is 0.327. The van der Waals surface area contributed by atoms with Crippen molar-refractivity contribution in [3.63, 3.8) is 0 Å². The van der Waals surface area contributed by atoms with E-state index >= 15 is 0 Å². The number of carbonyl (C=O) groups is 2. The number of nitrogens with zero attached hydrogens (tertiary/aromatic N) is 1. The Bertz CT molecular complexity index is 1350. The SMILES string of the molecule is CCCCOc1ccc(C(=O)N/N=C\c2ccc(OC(=O)c3sc4ccccc4c3Cl)cc2)cc1. The van der Waals surface area contributed by atoms with Gasteiger partial charge in [-0.2, -0.15) is 5.10 Å². The van der Waals surface area contributed by atoms with Crippen LogP contribution in [0.3, 0.4) is 0 Å². The monoisotopic (exact) mass is 506 g/mol. The van der Waals surface area contributed by atoms with Gasteiger partial charge in [-0.05, 0) is 66.6 Å². The van der Waals surface area contributed by atoms with Crippen LogP contribution < -0.4 is 14.9 Å². The van der Waals surface area contributed by atoms with Gasteiger partial charge in [0.25, 0.3) is 5.91 Å². The zero-order valence-corrected chi connectivity index (χ0v) is 20.6. The van der Waals surface area contributed by atoms with Gasteiger partial charge in [0.05, 0.1) is 17.8 Å². The van der Waals surface area contributed by atoms with Gasteiger partial charge in [-0.1, -0.05) is 43.1 Å². The number of thiophene rings is 1. The van der Waals surface area contributed by atoms with Crippen molar-refractivity contribution >= 4 is 51.1 Å². The molecule has 0 saturated carbocycles. The number of rotatable bonds is 9. The van der Waals surface area contributed by atoms with E-state index < -0.39 is 5.97 Å². The fraction of sp³-hybridized carbons (Fsp3) is 0.148. The summed E-state index contributed by atoms with van der Waals surface area (Å²) in [6.07, 6.45) is 3.56. The van der Waals surface area contributed by atoms with E-state index in [4.69, 9.17) is 21.1 Å². The summed E-state index contributed by atoms with van der Waals surface area (Å²) < 4.78 is 12.0. The summed E-state index contributed by atoms with van der Waals surface area (Å²) in [5.74, 6) is 0.277. The van der Waals surface area contributed by atoms with Crippen LogP contribution in [0.4, 0.5) is 0 Å². The van der Waals surface area contributed by atoms with Crippen molar-refractivity contribution in [2.24, 2.45) is 5.10 Å². The molecule has 0 aliphatic heterocycles. The van der Waals surface area contributed by atoms with Gasteiger partial charge in [0.1, 0.15) is 16.4 Å². The molecule has 0 bridgehead atoms. The number of carbonyl (C=O) groups excluding carboxylic acids is 2. The molecule has 3 aromatic carbocycles. The van der Waals surface area contributed by atoms with E-state index in [0.29, 0.717) is 27.8 Å². The van der Waals surface area contributed by atoms with Gasteiger partial charge in [-0.25, -0.2) is 10.2 Å². The van der Waals surface area contributed by atoms with Gasteiger partial charge < -0.3 is 9.47 Å². The van der Waals surface area contributed by atoms with Crippen LogP contribution in [-0.4, -0.2) is 24.7 Å². The lowest BCUT2D eigenvalue weighted by Crippen LogP contribution is -2.17. The van der Waals surface area contributed by atoms with Crippen LogP contribution in [0.1, 0.15) is 45.4 Å². The molecule has 35 heavy (non-hydrogen) atoms. The molecular formula is C27H23ClN2O4S. The molecule has 4 aromatic rings. The van der Waals surface area contributed by atoms with E-state index in [2.05, 4.69) is 17.5 Å². The predicted octanol–water partition coefficient (Wildman–Crippen LogP) is 6.72. The second-order valence-electron chi connectivity index (χ2n) is 7.63. The van der Waals surface area contributed by atoms with E-state index in [1.165, 1.54) is 17.6 Å². The maximum absolute atomic E-state index is 12.6. The molecule has 0 saturated heterocycles. The van der Waals surface area contributed by atoms with E-state index in [9.17, 15) is 9.59 Å². The van der Waals surface area contributed by atoms with Crippen molar-refractivity contribution in [1.82, 2.24) is 5.43 Å². The number of ether oxygens (including phenoxy) is 2. The lowest BCUT2D eigenvalue weighted by Gasteiger charge is -2.06. The number of benzene rings is 3. The van der Waals surface area contributed by atoms with Crippen LogP contribution in [0, 0.1) is 0 Å². The molecule has 178 valence electrons. The molecule has 0 unspecified atom stereocenters. The highest BCUT2D eigenvalue weighted by Gasteiger charge is 2.18. The van der Waals surface area contributed by atoms with Crippen LogP contribution in [0.15, 0.2) is 77.9 Å². The molecule has 1 N–H and O–H groups in total. The van der Waals surface area contributed by atoms with Gasteiger partial charge in [-0.15, -0.1) is 11.3 Å². The number of amides is 1. The topological polar surface area (TPSA) is 77.0 Å². The van der Waals surface area contributed by atoms with Crippen molar-refractivity contribution in [3.8, 4) is 11.5 Å². The normalized spacial score (nSPS) is 11.0. The highest BCUT2D eigenvalue weighted by atomic mass is 35.5. The first-order valence-electron chi connectivity index (χ1n) is 11.1. The Morgan fingerprint density at radius 1 is 1.00 bits per heavy atom. The first-order chi connectivity index (χ1) is 17.0. The van der Waals surface area contributed by atoms with Gasteiger partial charge in [0.15, 0.2) is 0 Å². The second-order valence-corrected chi connectivity index (χ2v) is 9.06. The summed E-state index contributed by atoms with van der Waals surface area (Å²) in [7, 11) is 0. The van der Waals surface area contributed by atoms with Gasteiger partial charge in [0, 0.05) is 15.6 Å². The molecule has 1 amide bonds. The third-order valence-corrected chi connectivity index (χ3v) is 6.73. The summed E-state index contributed by atoms with van der Waals surface area (Å²) >= 11 is 7.65. The Hall–Kier alpha value is -3.68. The second kappa shape index (κ2) is 11.6. The minimum atomic E-state index is -0.508. The summed E-state index contributed by atoms with van der Waals surface area (Å²) in [6, 6.07) is 21.2. The zero-order valence-electron chi connectivity index (χ0n) is 19.0. The molecule has 0 fully saturated rings. The highest BCUT2D eigenvalue weighted by molar-refractivity contribution is 7.21. The molecule has 4 rings (SSSR count). The summed E-state index contributed by atoms with van der Waals surface area (Å²) in [4.78, 5) is 25.2. The van der Waals surface area contributed by atoms with E-state index in [1.807, 2.05) is 24.3 Å². The molecule has 0 atom stereocenters. The van der Waals surface area contributed by atoms with Gasteiger partial charge in [0.2, 0.25) is 0 Å². The fourth-order valence-corrected chi connectivity index (χ4v) is 4.57. The number of hydrogen-bond donors (Lipinski definition) is 1. The van der Waals surface area contributed by atoms with Crippen molar-refractivity contribution in [1.29, 1.82) is 0 Å². The minimum Gasteiger partial charge on any atom is -0.494 e. The lowest BCUT2D eigenvalue weighted by molar-refractivity contribution is 0.0739. The maximum Gasteiger partial charge on any atom is 0.355 e.